The molecule has 0 bridgehead atoms. The van der Waals surface area contributed by atoms with Gasteiger partial charge in [-0.3, -0.25) is 0 Å². The molecule has 102 valence electrons. The van der Waals surface area contributed by atoms with Crippen molar-refractivity contribution in [1.82, 2.24) is 20.3 Å². The van der Waals surface area contributed by atoms with Gasteiger partial charge in [0.15, 0.2) is 0 Å². The molecule has 2 atom stereocenters. The van der Waals surface area contributed by atoms with E-state index >= 15 is 0 Å². The van der Waals surface area contributed by atoms with Gasteiger partial charge in [-0.05, 0) is 46.5 Å². The monoisotopic (exact) mass is 252 g/mol. The third kappa shape index (κ3) is 3.53. The van der Waals surface area contributed by atoms with E-state index in [-0.39, 0.29) is 11.6 Å². The minimum absolute atomic E-state index is 0.0215. The van der Waals surface area contributed by atoms with E-state index < -0.39 is 0 Å². The lowest BCUT2D eigenvalue weighted by molar-refractivity contribution is 0.111. The molecule has 5 heteroatoms. The van der Waals surface area contributed by atoms with E-state index in [4.69, 9.17) is 0 Å². The molecule has 1 aliphatic carbocycles. The number of nitrogens with one attached hydrogen (secondary N) is 1. The van der Waals surface area contributed by atoms with Crippen LogP contribution in [0.3, 0.4) is 0 Å². The van der Waals surface area contributed by atoms with Crippen LogP contribution in [0, 0.1) is 0 Å². The van der Waals surface area contributed by atoms with E-state index in [0.717, 1.165) is 37.9 Å². The van der Waals surface area contributed by atoms with Crippen LogP contribution in [0.5, 0.6) is 0 Å². The van der Waals surface area contributed by atoms with Gasteiger partial charge in [0.2, 0.25) is 0 Å². The number of aliphatic hydroxyl groups is 1. The second-order valence-corrected chi connectivity index (χ2v) is 6.22. The Morgan fingerprint density at radius 3 is 2.83 bits per heavy atom. The van der Waals surface area contributed by atoms with E-state index in [1.165, 1.54) is 0 Å². The molecule has 1 fully saturated rings. The predicted molar refractivity (Wildman–Crippen MR) is 70.1 cm³/mol. The quantitative estimate of drug-likeness (QED) is 0.854. The third-order valence-corrected chi connectivity index (χ3v) is 3.45. The topological polar surface area (TPSA) is 63.0 Å². The number of nitrogens with zero attached hydrogens (tertiary/aromatic N) is 3. The largest absolute Gasteiger partial charge is 0.393 e. The zero-order valence-electron chi connectivity index (χ0n) is 11.6. The van der Waals surface area contributed by atoms with Gasteiger partial charge >= 0.3 is 0 Å². The van der Waals surface area contributed by atoms with Crippen LogP contribution in [0.4, 0.5) is 0 Å². The van der Waals surface area contributed by atoms with Crippen LogP contribution in [0.2, 0.25) is 0 Å². The van der Waals surface area contributed by atoms with Crippen molar-refractivity contribution in [1.29, 1.82) is 0 Å². The van der Waals surface area contributed by atoms with Gasteiger partial charge in [0.1, 0.15) is 0 Å². The molecule has 0 aromatic carbocycles. The Kier molecular flexibility index (Phi) is 4.02. The number of rotatable bonds is 3. The Bertz CT molecular complexity index is 383. The maximum Gasteiger partial charge on any atom is 0.0965 e. The summed E-state index contributed by atoms with van der Waals surface area (Å²) in [5.41, 5.74) is 0.941. The first-order valence-corrected chi connectivity index (χ1v) is 6.78. The zero-order valence-corrected chi connectivity index (χ0v) is 11.6. The average molecular weight is 252 g/mol. The molecule has 1 aromatic heterocycles. The summed E-state index contributed by atoms with van der Waals surface area (Å²) in [6, 6.07) is 0.411. The van der Waals surface area contributed by atoms with Gasteiger partial charge in [-0.25, -0.2) is 4.68 Å². The fourth-order valence-electron chi connectivity index (χ4n) is 2.31. The van der Waals surface area contributed by atoms with Gasteiger partial charge in [0.05, 0.1) is 23.5 Å². The van der Waals surface area contributed by atoms with Crippen LogP contribution in [0.15, 0.2) is 6.20 Å². The molecule has 0 amide bonds. The minimum atomic E-state index is -0.137. The first-order valence-electron chi connectivity index (χ1n) is 6.78. The molecule has 1 aromatic rings. The molecule has 0 spiro atoms. The second-order valence-electron chi connectivity index (χ2n) is 6.22. The highest BCUT2D eigenvalue weighted by atomic mass is 16.3. The molecule has 1 saturated carbocycles. The van der Waals surface area contributed by atoms with Crippen molar-refractivity contribution in [2.45, 2.75) is 70.7 Å². The van der Waals surface area contributed by atoms with Crippen molar-refractivity contribution in [2.24, 2.45) is 0 Å². The number of hydrogen-bond donors (Lipinski definition) is 2. The van der Waals surface area contributed by atoms with Crippen LogP contribution in [-0.2, 0) is 12.1 Å². The first-order chi connectivity index (χ1) is 8.45. The van der Waals surface area contributed by atoms with Crippen LogP contribution >= 0.6 is 0 Å². The lowest BCUT2D eigenvalue weighted by atomic mass is 9.93. The third-order valence-electron chi connectivity index (χ3n) is 3.45. The van der Waals surface area contributed by atoms with Crippen molar-refractivity contribution in [3.8, 4) is 0 Å². The van der Waals surface area contributed by atoms with Crippen LogP contribution < -0.4 is 5.32 Å². The van der Waals surface area contributed by atoms with Crippen LogP contribution in [0.25, 0.3) is 0 Å². The molecule has 1 aliphatic rings. The Labute approximate surface area is 109 Å². The van der Waals surface area contributed by atoms with E-state index in [1.54, 1.807) is 0 Å². The molecule has 1 heterocycles. The molecule has 2 unspecified atom stereocenters. The number of hydrogen-bond acceptors (Lipinski definition) is 4. The van der Waals surface area contributed by atoms with Gasteiger partial charge in [0.25, 0.3) is 0 Å². The number of aromatic nitrogens is 3. The molecule has 0 radical (unpaired) electrons. The molecular weight excluding hydrogens is 228 g/mol. The molecule has 0 aliphatic heterocycles. The van der Waals surface area contributed by atoms with Crippen LogP contribution in [-0.4, -0.2) is 32.2 Å². The lowest BCUT2D eigenvalue weighted by Crippen LogP contribution is -2.35. The summed E-state index contributed by atoms with van der Waals surface area (Å²) in [6.45, 7) is 7.05. The summed E-state index contributed by atoms with van der Waals surface area (Å²) in [5, 5.41) is 21.4. The molecule has 5 nitrogen and oxygen atoms in total. The minimum Gasteiger partial charge on any atom is -0.393 e. The summed E-state index contributed by atoms with van der Waals surface area (Å²) in [7, 11) is 0. The van der Waals surface area contributed by atoms with Crippen molar-refractivity contribution < 1.29 is 5.11 Å². The standard InChI is InChI=1S/C13H24N4O/c1-13(2,3)17-9-11(15-16-17)8-14-10-5-4-6-12(18)7-10/h9-10,12,14,18H,4-8H2,1-3H3. The summed E-state index contributed by atoms with van der Waals surface area (Å²) in [4.78, 5) is 0. The Balaban J connectivity index is 1.85. The zero-order chi connectivity index (χ0) is 13.2. The predicted octanol–water partition coefficient (Wildman–Crippen LogP) is 1.43. The van der Waals surface area contributed by atoms with Gasteiger partial charge in [-0.2, -0.15) is 0 Å². The summed E-state index contributed by atoms with van der Waals surface area (Å²) >= 11 is 0. The molecule has 0 saturated heterocycles. The van der Waals surface area contributed by atoms with E-state index in [0.29, 0.717) is 6.04 Å². The normalized spacial score (nSPS) is 25.3. The van der Waals surface area contributed by atoms with Gasteiger partial charge in [-0.15, -0.1) is 5.10 Å². The highest BCUT2D eigenvalue weighted by Gasteiger charge is 2.20. The average Bonchev–Trinajstić information content (AvgIpc) is 2.74. The fraction of sp³-hybridized carbons (Fsp3) is 0.846. The molecular formula is C13H24N4O. The maximum atomic E-state index is 9.62. The van der Waals surface area contributed by atoms with E-state index in [1.807, 2.05) is 10.9 Å². The number of aliphatic hydroxyl groups excluding tert-OH is 1. The molecule has 2 rings (SSSR count). The Morgan fingerprint density at radius 2 is 2.22 bits per heavy atom. The van der Waals surface area contributed by atoms with Crippen molar-refractivity contribution in [2.75, 3.05) is 0 Å². The molecule has 2 N–H and O–H groups in total. The van der Waals surface area contributed by atoms with Crippen LogP contribution in [0.1, 0.15) is 52.1 Å². The van der Waals surface area contributed by atoms with E-state index in [9.17, 15) is 5.11 Å². The van der Waals surface area contributed by atoms with Crippen molar-refractivity contribution in [3.05, 3.63) is 11.9 Å². The summed E-state index contributed by atoms with van der Waals surface area (Å²) in [6.07, 6.45) is 5.90. The van der Waals surface area contributed by atoms with Gasteiger partial charge < -0.3 is 10.4 Å². The summed E-state index contributed by atoms with van der Waals surface area (Å²) in [5.74, 6) is 0. The lowest BCUT2D eigenvalue weighted by Gasteiger charge is -2.26. The van der Waals surface area contributed by atoms with E-state index in [2.05, 4.69) is 36.4 Å². The Morgan fingerprint density at radius 1 is 1.44 bits per heavy atom. The first kappa shape index (κ1) is 13.5. The SMILES string of the molecule is CC(C)(C)n1cc(CNC2CCCC(O)C2)nn1. The smallest absolute Gasteiger partial charge is 0.0965 e. The maximum absolute atomic E-state index is 9.62. The molecule has 18 heavy (non-hydrogen) atoms. The van der Waals surface area contributed by atoms with Crippen molar-refractivity contribution >= 4 is 0 Å². The highest BCUT2D eigenvalue weighted by Crippen LogP contribution is 2.18. The highest BCUT2D eigenvalue weighted by molar-refractivity contribution is 4.95. The Hall–Kier alpha value is -0.940. The summed E-state index contributed by atoms with van der Waals surface area (Å²) < 4.78 is 1.89. The fourth-order valence-corrected chi connectivity index (χ4v) is 2.31. The van der Waals surface area contributed by atoms with Gasteiger partial charge in [0, 0.05) is 12.6 Å². The van der Waals surface area contributed by atoms with Crippen molar-refractivity contribution in [3.63, 3.8) is 0 Å². The second kappa shape index (κ2) is 5.36. The van der Waals surface area contributed by atoms with Gasteiger partial charge in [-0.1, -0.05) is 5.21 Å².